The van der Waals surface area contributed by atoms with Crippen LogP contribution >= 0.6 is 0 Å². The zero-order valence-corrected chi connectivity index (χ0v) is 12.8. The molecule has 0 spiro atoms. The number of aromatic nitrogens is 1. The van der Waals surface area contributed by atoms with Gasteiger partial charge < -0.3 is 14.9 Å². The van der Waals surface area contributed by atoms with Gasteiger partial charge in [-0.25, -0.2) is 4.98 Å². The fourth-order valence-corrected chi connectivity index (χ4v) is 3.26. The molecule has 4 heteroatoms. The Bertz CT molecular complexity index is 628. The highest BCUT2D eigenvalue weighted by molar-refractivity contribution is 5.92. The van der Waals surface area contributed by atoms with Crippen molar-refractivity contribution in [3.8, 4) is 0 Å². The second kappa shape index (κ2) is 6.00. The van der Waals surface area contributed by atoms with E-state index in [1.54, 1.807) is 0 Å². The predicted molar refractivity (Wildman–Crippen MR) is 86.5 cm³/mol. The van der Waals surface area contributed by atoms with Crippen molar-refractivity contribution < 1.29 is 5.11 Å². The molecule has 1 saturated heterocycles. The van der Waals surface area contributed by atoms with E-state index in [4.69, 9.17) is 0 Å². The van der Waals surface area contributed by atoms with Crippen LogP contribution in [0.3, 0.4) is 0 Å². The first-order chi connectivity index (χ1) is 10.2. The normalized spacial score (nSPS) is 19.3. The number of nitrogens with zero attached hydrogens (tertiary/aromatic N) is 3. The Balaban J connectivity index is 1.90. The fourth-order valence-electron chi connectivity index (χ4n) is 3.26. The Morgan fingerprint density at radius 2 is 2.19 bits per heavy atom. The molecule has 0 bridgehead atoms. The van der Waals surface area contributed by atoms with Crippen LogP contribution in [0.5, 0.6) is 0 Å². The van der Waals surface area contributed by atoms with Crippen molar-refractivity contribution in [3.05, 3.63) is 36.0 Å². The minimum absolute atomic E-state index is 0.0160. The maximum Gasteiger partial charge on any atom is 0.136 e. The zero-order chi connectivity index (χ0) is 14.8. The van der Waals surface area contributed by atoms with Crippen LogP contribution in [0, 0.1) is 5.92 Å². The summed E-state index contributed by atoms with van der Waals surface area (Å²) in [5.74, 6) is 1.67. The molecule has 2 aromatic rings. The lowest BCUT2D eigenvalue weighted by molar-refractivity contribution is 0.277. The minimum Gasteiger partial charge on any atom is -0.390 e. The summed E-state index contributed by atoms with van der Waals surface area (Å²) in [6.45, 7) is 3.33. The second-order valence-electron chi connectivity index (χ2n) is 6.11. The van der Waals surface area contributed by atoms with Gasteiger partial charge in [0.05, 0.1) is 12.3 Å². The van der Waals surface area contributed by atoms with Crippen molar-refractivity contribution >= 4 is 16.6 Å². The summed E-state index contributed by atoms with van der Waals surface area (Å²) >= 11 is 0. The molecular formula is C17H23N3O. The number of likely N-dealkylation sites (tertiary alicyclic amines) is 1. The molecule has 112 valence electrons. The number of hydrogen-bond acceptors (Lipinski definition) is 4. The van der Waals surface area contributed by atoms with Crippen LogP contribution in [0.15, 0.2) is 30.3 Å². The molecule has 0 saturated carbocycles. The predicted octanol–water partition coefficient (Wildman–Crippen LogP) is 2.11. The van der Waals surface area contributed by atoms with Crippen LogP contribution < -0.4 is 4.90 Å². The van der Waals surface area contributed by atoms with Gasteiger partial charge in [0.1, 0.15) is 5.82 Å². The third-order valence-corrected chi connectivity index (χ3v) is 4.32. The van der Waals surface area contributed by atoms with Gasteiger partial charge in [-0.05, 0) is 37.4 Å². The highest BCUT2D eigenvalue weighted by atomic mass is 16.3. The highest BCUT2D eigenvalue weighted by Crippen LogP contribution is 2.27. The van der Waals surface area contributed by atoms with Crippen molar-refractivity contribution in [2.24, 2.45) is 5.92 Å². The molecule has 21 heavy (non-hydrogen) atoms. The van der Waals surface area contributed by atoms with E-state index in [9.17, 15) is 5.11 Å². The SMILES string of the molecule is CN1CCC(CN(C)c2nc(CO)cc3ccccc23)C1. The second-order valence-corrected chi connectivity index (χ2v) is 6.11. The van der Waals surface area contributed by atoms with E-state index in [1.807, 2.05) is 18.2 Å². The summed E-state index contributed by atoms with van der Waals surface area (Å²) in [5, 5.41) is 11.7. The first kappa shape index (κ1) is 14.3. The van der Waals surface area contributed by atoms with Crippen molar-refractivity contribution in [1.82, 2.24) is 9.88 Å². The number of aliphatic hydroxyl groups excluding tert-OH is 1. The molecule has 0 amide bonds. The van der Waals surface area contributed by atoms with Gasteiger partial charge in [-0.3, -0.25) is 0 Å². The van der Waals surface area contributed by atoms with Crippen LogP contribution in [0.4, 0.5) is 5.82 Å². The summed E-state index contributed by atoms with van der Waals surface area (Å²) in [7, 11) is 4.29. The monoisotopic (exact) mass is 285 g/mol. The number of hydrogen-bond donors (Lipinski definition) is 1. The molecule has 4 nitrogen and oxygen atoms in total. The van der Waals surface area contributed by atoms with Gasteiger partial charge in [-0.1, -0.05) is 24.3 Å². The molecule has 2 heterocycles. The molecule has 1 N–H and O–H groups in total. The molecule has 1 aromatic carbocycles. The van der Waals surface area contributed by atoms with E-state index in [1.165, 1.54) is 13.0 Å². The maximum atomic E-state index is 9.43. The molecule has 1 aliphatic rings. The Hall–Kier alpha value is -1.65. The topological polar surface area (TPSA) is 39.6 Å². The van der Waals surface area contributed by atoms with Gasteiger partial charge in [-0.2, -0.15) is 0 Å². The number of benzene rings is 1. The van der Waals surface area contributed by atoms with Crippen molar-refractivity contribution in [2.75, 3.05) is 38.6 Å². The average Bonchev–Trinajstić information content (AvgIpc) is 2.91. The smallest absolute Gasteiger partial charge is 0.136 e. The lowest BCUT2D eigenvalue weighted by Crippen LogP contribution is -2.28. The first-order valence-corrected chi connectivity index (χ1v) is 7.56. The fraction of sp³-hybridized carbons (Fsp3) is 0.471. The standard InChI is InChI=1S/C17H23N3O/c1-19-8-7-13(10-19)11-20(2)17-16-6-4-3-5-14(16)9-15(12-21)18-17/h3-6,9,13,21H,7-8,10-12H2,1-2H3. The van der Waals surface area contributed by atoms with Gasteiger partial charge >= 0.3 is 0 Å². The van der Waals surface area contributed by atoms with E-state index in [-0.39, 0.29) is 6.61 Å². The number of pyridine rings is 1. The Labute approximate surface area is 126 Å². The number of fused-ring (bicyclic) bond motifs is 1. The van der Waals surface area contributed by atoms with Gasteiger partial charge in [0.15, 0.2) is 0 Å². The number of anilines is 1. The highest BCUT2D eigenvalue weighted by Gasteiger charge is 2.22. The number of aliphatic hydroxyl groups is 1. The van der Waals surface area contributed by atoms with Gasteiger partial charge in [0.25, 0.3) is 0 Å². The summed E-state index contributed by atoms with van der Waals surface area (Å²) in [4.78, 5) is 9.27. The molecule has 3 rings (SSSR count). The molecule has 1 atom stereocenters. The van der Waals surface area contributed by atoms with Crippen LogP contribution in [0.2, 0.25) is 0 Å². The zero-order valence-electron chi connectivity index (χ0n) is 12.8. The van der Waals surface area contributed by atoms with Crippen molar-refractivity contribution in [3.63, 3.8) is 0 Å². The Kier molecular flexibility index (Phi) is 4.08. The molecule has 1 fully saturated rings. The lowest BCUT2D eigenvalue weighted by Gasteiger charge is -2.24. The van der Waals surface area contributed by atoms with E-state index < -0.39 is 0 Å². The quantitative estimate of drug-likeness (QED) is 0.934. The molecular weight excluding hydrogens is 262 g/mol. The van der Waals surface area contributed by atoms with Crippen molar-refractivity contribution in [1.29, 1.82) is 0 Å². The van der Waals surface area contributed by atoms with E-state index >= 15 is 0 Å². The van der Waals surface area contributed by atoms with Crippen LogP contribution in [-0.4, -0.2) is 48.7 Å². The lowest BCUT2D eigenvalue weighted by atomic mass is 10.1. The van der Waals surface area contributed by atoms with E-state index in [2.05, 4.69) is 41.0 Å². The van der Waals surface area contributed by atoms with Crippen LogP contribution in [0.1, 0.15) is 12.1 Å². The third-order valence-electron chi connectivity index (χ3n) is 4.32. The third kappa shape index (κ3) is 3.01. The molecule has 1 unspecified atom stereocenters. The summed E-state index contributed by atoms with van der Waals surface area (Å²) < 4.78 is 0. The Morgan fingerprint density at radius 3 is 2.90 bits per heavy atom. The van der Waals surface area contributed by atoms with E-state index in [0.29, 0.717) is 5.92 Å². The van der Waals surface area contributed by atoms with Crippen LogP contribution in [-0.2, 0) is 6.61 Å². The summed E-state index contributed by atoms with van der Waals surface area (Å²) in [5.41, 5.74) is 0.735. The van der Waals surface area contributed by atoms with Gasteiger partial charge in [-0.15, -0.1) is 0 Å². The number of rotatable bonds is 4. The molecule has 1 aliphatic heterocycles. The minimum atomic E-state index is -0.0160. The largest absolute Gasteiger partial charge is 0.390 e. The maximum absolute atomic E-state index is 9.43. The molecule has 1 aromatic heterocycles. The molecule has 0 radical (unpaired) electrons. The Morgan fingerprint density at radius 1 is 1.38 bits per heavy atom. The van der Waals surface area contributed by atoms with E-state index in [0.717, 1.165) is 35.4 Å². The summed E-state index contributed by atoms with van der Waals surface area (Å²) in [6.07, 6.45) is 1.25. The first-order valence-electron chi connectivity index (χ1n) is 7.56. The summed E-state index contributed by atoms with van der Waals surface area (Å²) in [6, 6.07) is 10.2. The average molecular weight is 285 g/mol. The van der Waals surface area contributed by atoms with Crippen LogP contribution in [0.25, 0.3) is 10.8 Å². The molecule has 0 aliphatic carbocycles. The van der Waals surface area contributed by atoms with Crippen molar-refractivity contribution in [2.45, 2.75) is 13.0 Å². The van der Waals surface area contributed by atoms with Gasteiger partial charge in [0, 0.05) is 25.5 Å². The van der Waals surface area contributed by atoms with Gasteiger partial charge in [0.2, 0.25) is 0 Å².